The number of carbonyl (C=O) groups excluding carboxylic acids is 1. The number of rotatable bonds is 6. The summed E-state index contributed by atoms with van der Waals surface area (Å²) in [7, 11) is 0. The van der Waals surface area contributed by atoms with E-state index >= 15 is 0 Å². The molecule has 0 aromatic heterocycles. The molecule has 1 rings (SSSR count). The maximum atomic E-state index is 11.5. The van der Waals surface area contributed by atoms with E-state index in [-0.39, 0.29) is 12.5 Å². The van der Waals surface area contributed by atoms with Crippen LogP contribution in [-0.2, 0) is 4.79 Å². The number of aliphatic hydroxyl groups excluding tert-OH is 2. The van der Waals surface area contributed by atoms with Gasteiger partial charge in [-0.3, -0.25) is 4.79 Å². The van der Waals surface area contributed by atoms with E-state index in [0.29, 0.717) is 17.5 Å². The van der Waals surface area contributed by atoms with Crippen LogP contribution in [0, 0.1) is 0 Å². The second-order valence-electron chi connectivity index (χ2n) is 4.25. The SMILES string of the molecule is O=C(CSCC(O)CO)NC1CCCCC1. The molecule has 5 heteroatoms. The minimum Gasteiger partial charge on any atom is -0.394 e. The molecular formula is C11H21NO3S. The van der Waals surface area contributed by atoms with Gasteiger partial charge >= 0.3 is 0 Å². The second-order valence-corrected chi connectivity index (χ2v) is 5.28. The first-order chi connectivity index (χ1) is 7.72. The number of thioether (sulfide) groups is 1. The Hall–Kier alpha value is -0.260. The van der Waals surface area contributed by atoms with Crippen molar-refractivity contribution in [2.75, 3.05) is 18.1 Å². The van der Waals surface area contributed by atoms with E-state index in [4.69, 9.17) is 10.2 Å². The molecule has 1 amide bonds. The summed E-state index contributed by atoms with van der Waals surface area (Å²) in [6.07, 6.45) is 5.17. The van der Waals surface area contributed by atoms with Crippen LogP contribution in [0.2, 0.25) is 0 Å². The predicted molar refractivity (Wildman–Crippen MR) is 65.4 cm³/mol. The summed E-state index contributed by atoms with van der Waals surface area (Å²) in [5.74, 6) is 0.823. The monoisotopic (exact) mass is 247 g/mol. The van der Waals surface area contributed by atoms with E-state index < -0.39 is 6.10 Å². The van der Waals surface area contributed by atoms with Crippen LogP contribution in [0.3, 0.4) is 0 Å². The molecule has 1 fully saturated rings. The molecule has 1 aliphatic carbocycles. The molecule has 3 N–H and O–H groups in total. The Morgan fingerprint density at radius 3 is 2.69 bits per heavy atom. The highest BCUT2D eigenvalue weighted by Gasteiger charge is 2.15. The lowest BCUT2D eigenvalue weighted by Crippen LogP contribution is -2.37. The molecule has 1 saturated carbocycles. The highest BCUT2D eigenvalue weighted by Crippen LogP contribution is 2.17. The molecule has 0 aliphatic heterocycles. The molecule has 0 aromatic rings. The van der Waals surface area contributed by atoms with Gasteiger partial charge in [0.25, 0.3) is 0 Å². The topological polar surface area (TPSA) is 69.6 Å². The summed E-state index contributed by atoms with van der Waals surface area (Å²) in [4.78, 5) is 11.5. The number of nitrogens with one attached hydrogen (secondary N) is 1. The van der Waals surface area contributed by atoms with Gasteiger partial charge in [-0.25, -0.2) is 0 Å². The quantitative estimate of drug-likeness (QED) is 0.640. The normalized spacial score (nSPS) is 19.4. The Morgan fingerprint density at radius 1 is 1.38 bits per heavy atom. The second kappa shape index (κ2) is 7.92. The van der Waals surface area contributed by atoms with E-state index in [1.54, 1.807) is 0 Å². The first kappa shape index (κ1) is 13.8. The molecule has 0 saturated heterocycles. The Labute approximate surface area is 101 Å². The number of aliphatic hydroxyl groups is 2. The average molecular weight is 247 g/mol. The van der Waals surface area contributed by atoms with Crippen molar-refractivity contribution in [3.05, 3.63) is 0 Å². The van der Waals surface area contributed by atoms with Gasteiger partial charge in [0.2, 0.25) is 5.91 Å². The molecule has 0 spiro atoms. The van der Waals surface area contributed by atoms with Crippen LogP contribution in [0.1, 0.15) is 32.1 Å². The van der Waals surface area contributed by atoms with E-state index in [0.717, 1.165) is 12.8 Å². The number of hydrogen-bond donors (Lipinski definition) is 3. The standard InChI is InChI=1S/C11H21NO3S/c13-6-10(14)7-16-8-11(15)12-9-4-2-1-3-5-9/h9-10,13-14H,1-8H2,(H,12,15). The largest absolute Gasteiger partial charge is 0.394 e. The molecule has 0 aromatic carbocycles. The maximum Gasteiger partial charge on any atom is 0.230 e. The smallest absolute Gasteiger partial charge is 0.230 e. The summed E-state index contributed by atoms with van der Waals surface area (Å²) in [5.41, 5.74) is 0. The Balaban J connectivity index is 2.05. The van der Waals surface area contributed by atoms with Gasteiger partial charge in [0.15, 0.2) is 0 Å². The number of carbonyl (C=O) groups is 1. The van der Waals surface area contributed by atoms with E-state index in [9.17, 15) is 4.79 Å². The van der Waals surface area contributed by atoms with Gasteiger partial charge in [0.1, 0.15) is 0 Å². The van der Waals surface area contributed by atoms with Gasteiger partial charge < -0.3 is 15.5 Å². The van der Waals surface area contributed by atoms with Gasteiger partial charge in [-0.15, -0.1) is 11.8 Å². The first-order valence-corrected chi connectivity index (χ1v) is 7.04. The lowest BCUT2D eigenvalue weighted by molar-refractivity contribution is -0.119. The lowest BCUT2D eigenvalue weighted by atomic mass is 9.95. The Bertz CT molecular complexity index is 207. The molecule has 4 nitrogen and oxygen atoms in total. The summed E-state index contributed by atoms with van der Waals surface area (Å²) < 4.78 is 0. The van der Waals surface area contributed by atoms with Gasteiger partial charge in [-0.05, 0) is 12.8 Å². The fourth-order valence-corrected chi connectivity index (χ4v) is 2.62. The summed E-state index contributed by atoms with van der Waals surface area (Å²) in [5, 5.41) is 20.7. The average Bonchev–Trinajstić information content (AvgIpc) is 2.30. The summed E-state index contributed by atoms with van der Waals surface area (Å²) in [6.45, 7) is -0.239. The third-order valence-electron chi connectivity index (χ3n) is 2.72. The highest BCUT2D eigenvalue weighted by molar-refractivity contribution is 7.99. The Morgan fingerprint density at radius 2 is 2.06 bits per heavy atom. The first-order valence-electron chi connectivity index (χ1n) is 5.88. The third kappa shape index (κ3) is 5.72. The molecule has 1 aliphatic rings. The maximum absolute atomic E-state index is 11.5. The van der Waals surface area contributed by atoms with Gasteiger partial charge in [0.05, 0.1) is 18.5 Å². The number of hydrogen-bond acceptors (Lipinski definition) is 4. The van der Waals surface area contributed by atoms with Crippen LogP contribution in [0.4, 0.5) is 0 Å². The van der Waals surface area contributed by atoms with Crippen molar-refractivity contribution in [1.29, 1.82) is 0 Å². The van der Waals surface area contributed by atoms with Crippen LogP contribution >= 0.6 is 11.8 Å². The fraction of sp³-hybridized carbons (Fsp3) is 0.909. The zero-order valence-corrected chi connectivity index (χ0v) is 10.3. The predicted octanol–water partition coefficient (Wildman–Crippen LogP) is 0.522. The van der Waals surface area contributed by atoms with Crippen molar-refractivity contribution < 1.29 is 15.0 Å². The van der Waals surface area contributed by atoms with Gasteiger partial charge in [0, 0.05) is 11.8 Å². The number of amides is 1. The van der Waals surface area contributed by atoms with Crippen LogP contribution in [0.25, 0.3) is 0 Å². The van der Waals surface area contributed by atoms with Gasteiger partial charge in [-0.2, -0.15) is 0 Å². The van der Waals surface area contributed by atoms with E-state index in [1.807, 2.05) is 0 Å². The molecular weight excluding hydrogens is 226 g/mol. The molecule has 0 heterocycles. The van der Waals surface area contributed by atoms with Crippen molar-refractivity contribution in [2.24, 2.45) is 0 Å². The van der Waals surface area contributed by atoms with Crippen LogP contribution in [0.5, 0.6) is 0 Å². The van der Waals surface area contributed by atoms with Crippen molar-refractivity contribution in [3.8, 4) is 0 Å². The molecule has 1 unspecified atom stereocenters. The zero-order valence-electron chi connectivity index (χ0n) is 9.52. The zero-order chi connectivity index (χ0) is 11.8. The molecule has 0 radical (unpaired) electrons. The molecule has 16 heavy (non-hydrogen) atoms. The molecule has 0 bridgehead atoms. The van der Waals surface area contributed by atoms with Crippen molar-refractivity contribution >= 4 is 17.7 Å². The van der Waals surface area contributed by atoms with Crippen LogP contribution < -0.4 is 5.32 Å². The lowest BCUT2D eigenvalue weighted by Gasteiger charge is -2.22. The Kier molecular flexibility index (Phi) is 6.84. The van der Waals surface area contributed by atoms with Crippen LogP contribution in [-0.4, -0.2) is 46.4 Å². The van der Waals surface area contributed by atoms with Crippen molar-refractivity contribution in [1.82, 2.24) is 5.32 Å². The summed E-state index contributed by atoms with van der Waals surface area (Å²) >= 11 is 1.36. The van der Waals surface area contributed by atoms with Crippen molar-refractivity contribution in [3.63, 3.8) is 0 Å². The molecule has 94 valence electrons. The van der Waals surface area contributed by atoms with Crippen LogP contribution in [0.15, 0.2) is 0 Å². The van der Waals surface area contributed by atoms with Crippen molar-refractivity contribution in [2.45, 2.75) is 44.2 Å². The third-order valence-corrected chi connectivity index (χ3v) is 3.81. The minimum atomic E-state index is -0.715. The summed E-state index contributed by atoms with van der Waals surface area (Å²) in [6, 6.07) is 0.351. The highest BCUT2D eigenvalue weighted by atomic mass is 32.2. The van der Waals surface area contributed by atoms with Gasteiger partial charge in [-0.1, -0.05) is 19.3 Å². The minimum absolute atomic E-state index is 0.0436. The van der Waals surface area contributed by atoms with E-state index in [2.05, 4.69) is 5.32 Å². The molecule has 1 atom stereocenters. The fourth-order valence-electron chi connectivity index (χ4n) is 1.86. The van der Waals surface area contributed by atoms with E-state index in [1.165, 1.54) is 31.0 Å².